The van der Waals surface area contributed by atoms with Crippen LogP contribution in [0.4, 0.5) is 13.2 Å². The fraction of sp³-hybridized carbons (Fsp3) is 0.615. The first-order chi connectivity index (χ1) is 8.96. The van der Waals surface area contributed by atoms with Crippen LogP contribution in [0.15, 0.2) is 12.4 Å². The van der Waals surface area contributed by atoms with Crippen molar-refractivity contribution in [2.75, 3.05) is 0 Å². The molecule has 0 N–H and O–H groups in total. The molecular weight excluding hydrogens is 270 g/mol. The highest BCUT2D eigenvalue weighted by molar-refractivity contribution is 6.62. The van der Waals surface area contributed by atoms with Crippen LogP contribution in [0.3, 0.4) is 0 Å². The van der Waals surface area contributed by atoms with E-state index in [1.807, 2.05) is 0 Å². The van der Waals surface area contributed by atoms with E-state index in [0.717, 1.165) is 6.20 Å². The highest BCUT2D eigenvalue weighted by atomic mass is 19.4. The van der Waals surface area contributed by atoms with E-state index in [9.17, 15) is 13.2 Å². The molecule has 1 aromatic rings. The summed E-state index contributed by atoms with van der Waals surface area (Å²) in [7, 11) is -1.07. The molecule has 7 heteroatoms. The lowest BCUT2D eigenvalue weighted by atomic mass is 9.76. The average Bonchev–Trinajstić information content (AvgIpc) is 2.46. The Labute approximate surface area is 116 Å². The van der Waals surface area contributed by atoms with Gasteiger partial charge in [0.2, 0.25) is 0 Å². The summed E-state index contributed by atoms with van der Waals surface area (Å²) in [4.78, 5) is 3.84. The molecule has 0 spiro atoms. The Morgan fingerprint density at radius 2 is 1.55 bits per heavy atom. The Morgan fingerprint density at radius 1 is 1.05 bits per heavy atom. The van der Waals surface area contributed by atoms with Crippen LogP contribution in [0.1, 0.15) is 38.8 Å². The van der Waals surface area contributed by atoms with E-state index in [1.165, 1.54) is 13.1 Å². The number of aromatic nitrogens is 1. The quantitative estimate of drug-likeness (QED) is 0.744. The zero-order chi connectivity index (χ0) is 15.3. The number of rotatable bonds is 1. The number of hydrogen-bond donors (Lipinski definition) is 0. The van der Waals surface area contributed by atoms with Gasteiger partial charge in [-0.1, -0.05) is 0 Å². The smallest absolute Gasteiger partial charge is 0.399 e. The largest absolute Gasteiger partial charge is 0.497 e. The van der Waals surface area contributed by atoms with Gasteiger partial charge in [-0.05, 0) is 40.2 Å². The average molecular weight is 287 g/mol. The molecule has 0 atom stereocenters. The van der Waals surface area contributed by atoms with Gasteiger partial charge in [0.15, 0.2) is 0 Å². The van der Waals surface area contributed by atoms with Gasteiger partial charge >= 0.3 is 13.3 Å². The molecule has 2 heterocycles. The van der Waals surface area contributed by atoms with Crippen molar-refractivity contribution in [1.29, 1.82) is 0 Å². The number of hydrogen-bond acceptors (Lipinski definition) is 3. The lowest BCUT2D eigenvalue weighted by molar-refractivity contribution is -0.137. The molecule has 1 saturated heterocycles. The highest BCUT2D eigenvalue weighted by Gasteiger charge is 2.54. The number of alkyl halides is 3. The molecule has 1 aromatic heterocycles. The maximum atomic E-state index is 13.2. The van der Waals surface area contributed by atoms with Gasteiger partial charge in [0.1, 0.15) is 0 Å². The van der Waals surface area contributed by atoms with Gasteiger partial charge in [-0.3, -0.25) is 4.98 Å². The van der Waals surface area contributed by atoms with E-state index in [1.54, 1.807) is 27.7 Å². The first-order valence-electron chi connectivity index (χ1n) is 6.33. The molecule has 2 rings (SSSR count). The van der Waals surface area contributed by atoms with Crippen LogP contribution in [-0.4, -0.2) is 23.3 Å². The monoisotopic (exact) mass is 287 g/mol. The summed E-state index contributed by atoms with van der Waals surface area (Å²) in [6, 6.07) is 0. The normalized spacial score (nSPS) is 21.3. The van der Waals surface area contributed by atoms with Crippen molar-refractivity contribution < 1.29 is 22.5 Å². The van der Waals surface area contributed by atoms with Crippen molar-refractivity contribution in [3.63, 3.8) is 0 Å². The molecule has 0 radical (unpaired) electrons. The Kier molecular flexibility index (Phi) is 3.42. The number of nitrogens with zero attached hydrogens (tertiary/aromatic N) is 1. The molecule has 0 bridgehead atoms. The molecule has 20 heavy (non-hydrogen) atoms. The van der Waals surface area contributed by atoms with Gasteiger partial charge in [-0.2, -0.15) is 13.2 Å². The van der Waals surface area contributed by atoms with Crippen LogP contribution in [-0.2, 0) is 15.5 Å². The Morgan fingerprint density at radius 3 is 2.00 bits per heavy atom. The minimum Gasteiger partial charge on any atom is -0.399 e. The number of aryl methyl sites for hydroxylation is 1. The van der Waals surface area contributed by atoms with Gasteiger partial charge in [0.05, 0.1) is 16.8 Å². The van der Waals surface area contributed by atoms with Crippen LogP contribution in [0.2, 0.25) is 0 Å². The van der Waals surface area contributed by atoms with Crippen LogP contribution >= 0.6 is 0 Å². The number of pyridine rings is 1. The van der Waals surface area contributed by atoms with Gasteiger partial charge < -0.3 is 9.31 Å². The number of halogens is 3. The van der Waals surface area contributed by atoms with E-state index in [4.69, 9.17) is 9.31 Å². The van der Waals surface area contributed by atoms with Crippen molar-refractivity contribution >= 4 is 12.6 Å². The molecular formula is C13H17BF3NO2. The van der Waals surface area contributed by atoms with Crippen LogP contribution in [0.25, 0.3) is 0 Å². The molecule has 0 aliphatic carbocycles. The van der Waals surface area contributed by atoms with Crippen LogP contribution < -0.4 is 5.46 Å². The third-order valence-corrected chi connectivity index (χ3v) is 3.96. The minimum atomic E-state index is -4.47. The van der Waals surface area contributed by atoms with Crippen molar-refractivity contribution in [2.45, 2.75) is 52.0 Å². The molecule has 0 amide bonds. The first-order valence-corrected chi connectivity index (χ1v) is 6.33. The predicted octanol–water partition coefficient (Wildman–Crippen LogP) is 2.71. The molecule has 110 valence electrons. The third kappa shape index (κ3) is 2.44. The van der Waals surface area contributed by atoms with Crippen molar-refractivity contribution in [1.82, 2.24) is 4.98 Å². The van der Waals surface area contributed by atoms with Gasteiger partial charge in [0.25, 0.3) is 0 Å². The van der Waals surface area contributed by atoms with Gasteiger partial charge in [-0.25, -0.2) is 0 Å². The third-order valence-electron chi connectivity index (χ3n) is 3.96. The first kappa shape index (κ1) is 15.3. The van der Waals surface area contributed by atoms with E-state index >= 15 is 0 Å². The fourth-order valence-electron chi connectivity index (χ4n) is 2.12. The van der Waals surface area contributed by atoms with E-state index in [0.29, 0.717) is 0 Å². The zero-order valence-electron chi connectivity index (χ0n) is 12.1. The lowest BCUT2D eigenvalue weighted by Crippen LogP contribution is -2.41. The molecule has 1 aliphatic rings. The maximum absolute atomic E-state index is 13.2. The SMILES string of the molecule is Cc1cncc(B2OC(C)(C)C(C)(C)O2)c1C(F)(F)F. The molecule has 3 nitrogen and oxygen atoms in total. The minimum absolute atomic E-state index is 0.0599. The standard InChI is InChI=1S/C13H17BF3NO2/c1-8-6-18-7-9(10(8)13(15,16)17)14-19-11(2,3)12(4,5)20-14/h6-7H,1-5H3. The molecule has 1 aliphatic heterocycles. The topological polar surface area (TPSA) is 31.4 Å². The summed E-state index contributed by atoms with van der Waals surface area (Å²) in [5, 5.41) is 0. The highest BCUT2D eigenvalue weighted by Crippen LogP contribution is 2.38. The molecule has 0 aromatic carbocycles. The van der Waals surface area contributed by atoms with E-state index in [2.05, 4.69) is 4.98 Å². The van der Waals surface area contributed by atoms with Crippen molar-refractivity contribution in [3.05, 3.63) is 23.5 Å². The summed E-state index contributed by atoms with van der Waals surface area (Å²) in [6.45, 7) is 8.56. The Balaban J connectivity index is 2.49. The second-order valence-electron chi connectivity index (χ2n) is 6.01. The second kappa shape index (κ2) is 4.46. The summed E-state index contributed by atoms with van der Waals surface area (Å²) in [6.07, 6.45) is -2.11. The second-order valence-corrected chi connectivity index (χ2v) is 6.01. The fourth-order valence-corrected chi connectivity index (χ4v) is 2.12. The van der Waals surface area contributed by atoms with Gasteiger partial charge in [-0.15, -0.1) is 0 Å². The van der Waals surface area contributed by atoms with Gasteiger partial charge in [0, 0.05) is 17.9 Å². The van der Waals surface area contributed by atoms with Crippen molar-refractivity contribution in [2.24, 2.45) is 0 Å². The van der Waals surface area contributed by atoms with E-state index in [-0.39, 0.29) is 11.0 Å². The molecule has 0 unspecified atom stereocenters. The maximum Gasteiger partial charge on any atom is 0.497 e. The van der Waals surface area contributed by atoms with Crippen LogP contribution in [0, 0.1) is 6.92 Å². The zero-order valence-corrected chi connectivity index (χ0v) is 12.1. The Bertz CT molecular complexity index is 513. The molecule has 0 saturated carbocycles. The summed E-state index contributed by atoms with van der Waals surface area (Å²) in [5.41, 5.74) is -2.12. The summed E-state index contributed by atoms with van der Waals surface area (Å²) in [5.74, 6) is 0. The Hall–Kier alpha value is -1.08. The van der Waals surface area contributed by atoms with Crippen molar-refractivity contribution in [3.8, 4) is 0 Å². The molecule has 1 fully saturated rings. The van der Waals surface area contributed by atoms with Crippen LogP contribution in [0.5, 0.6) is 0 Å². The predicted molar refractivity (Wildman–Crippen MR) is 69.7 cm³/mol. The summed E-state index contributed by atoms with van der Waals surface area (Å²) < 4.78 is 51.0. The summed E-state index contributed by atoms with van der Waals surface area (Å²) >= 11 is 0. The lowest BCUT2D eigenvalue weighted by Gasteiger charge is -2.32. The van der Waals surface area contributed by atoms with E-state index < -0.39 is 30.1 Å².